The third kappa shape index (κ3) is 9.16. The molecule has 1 heterocycles. The molecule has 0 aliphatic heterocycles. The molecular formula is C20H34N6O5. The lowest BCUT2D eigenvalue weighted by Crippen LogP contribution is -2.55. The molecule has 0 saturated heterocycles. The van der Waals surface area contributed by atoms with Gasteiger partial charge in [0.25, 0.3) is 0 Å². The summed E-state index contributed by atoms with van der Waals surface area (Å²) in [6.07, 6.45) is 4.00. The summed E-state index contributed by atoms with van der Waals surface area (Å²) in [5, 5.41) is 16.8. The quantitative estimate of drug-likeness (QED) is 0.241. The SMILES string of the molecule is CCC(C)C(NC(=O)C(N)CC(C)C)C(=O)NCC(=O)NC(Cc1cnc[nH]1)C(=O)O. The fourth-order valence-corrected chi connectivity index (χ4v) is 2.92. The van der Waals surface area contributed by atoms with E-state index in [4.69, 9.17) is 5.73 Å². The van der Waals surface area contributed by atoms with E-state index >= 15 is 0 Å². The van der Waals surface area contributed by atoms with Gasteiger partial charge in [0, 0.05) is 18.3 Å². The van der Waals surface area contributed by atoms with Crippen LogP contribution in [-0.4, -0.2) is 63.4 Å². The molecule has 174 valence electrons. The second-order valence-electron chi connectivity index (χ2n) is 8.06. The monoisotopic (exact) mass is 438 g/mol. The summed E-state index contributed by atoms with van der Waals surface area (Å²) >= 11 is 0. The van der Waals surface area contributed by atoms with Gasteiger partial charge in [-0.2, -0.15) is 0 Å². The van der Waals surface area contributed by atoms with Crippen LogP contribution in [0.5, 0.6) is 0 Å². The van der Waals surface area contributed by atoms with Crippen molar-refractivity contribution in [2.45, 2.75) is 65.1 Å². The van der Waals surface area contributed by atoms with Crippen LogP contribution in [0.1, 0.15) is 46.2 Å². The number of hydrogen-bond donors (Lipinski definition) is 6. The third-order valence-corrected chi connectivity index (χ3v) is 4.89. The highest BCUT2D eigenvalue weighted by Crippen LogP contribution is 2.10. The van der Waals surface area contributed by atoms with Gasteiger partial charge in [-0.1, -0.05) is 34.1 Å². The second-order valence-corrected chi connectivity index (χ2v) is 8.06. The highest BCUT2D eigenvalue weighted by atomic mass is 16.4. The zero-order valence-corrected chi connectivity index (χ0v) is 18.5. The lowest BCUT2D eigenvalue weighted by molar-refractivity contribution is -0.141. The Morgan fingerprint density at radius 1 is 1.16 bits per heavy atom. The molecule has 1 rings (SSSR count). The van der Waals surface area contributed by atoms with E-state index in [1.54, 1.807) is 0 Å². The molecular weight excluding hydrogens is 404 g/mol. The van der Waals surface area contributed by atoms with Crippen molar-refractivity contribution in [3.63, 3.8) is 0 Å². The minimum absolute atomic E-state index is 0.0221. The van der Waals surface area contributed by atoms with E-state index in [-0.39, 0.29) is 18.3 Å². The Kier molecular flexibility index (Phi) is 10.7. The lowest BCUT2D eigenvalue weighted by Gasteiger charge is -2.25. The predicted molar refractivity (Wildman–Crippen MR) is 114 cm³/mol. The number of imidazole rings is 1. The molecule has 7 N–H and O–H groups in total. The molecule has 4 unspecified atom stereocenters. The molecule has 0 fully saturated rings. The Morgan fingerprint density at radius 2 is 1.84 bits per heavy atom. The summed E-state index contributed by atoms with van der Waals surface area (Å²) in [7, 11) is 0. The molecule has 4 atom stereocenters. The van der Waals surface area contributed by atoms with Gasteiger partial charge in [0.15, 0.2) is 0 Å². The van der Waals surface area contributed by atoms with Crippen molar-refractivity contribution in [2.24, 2.45) is 17.6 Å². The first-order valence-corrected chi connectivity index (χ1v) is 10.4. The van der Waals surface area contributed by atoms with Crippen molar-refractivity contribution in [1.82, 2.24) is 25.9 Å². The van der Waals surface area contributed by atoms with Crippen molar-refractivity contribution in [2.75, 3.05) is 6.54 Å². The van der Waals surface area contributed by atoms with Gasteiger partial charge in [0.1, 0.15) is 12.1 Å². The highest BCUT2D eigenvalue weighted by molar-refractivity contribution is 5.92. The molecule has 3 amide bonds. The van der Waals surface area contributed by atoms with Gasteiger partial charge >= 0.3 is 5.97 Å². The average molecular weight is 439 g/mol. The van der Waals surface area contributed by atoms with E-state index < -0.39 is 48.4 Å². The van der Waals surface area contributed by atoms with Crippen molar-refractivity contribution < 1.29 is 24.3 Å². The smallest absolute Gasteiger partial charge is 0.326 e. The Labute approximate surface area is 181 Å². The van der Waals surface area contributed by atoms with E-state index in [2.05, 4.69) is 25.9 Å². The molecule has 11 nitrogen and oxygen atoms in total. The predicted octanol–water partition coefficient (Wildman–Crippen LogP) is -0.458. The highest BCUT2D eigenvalue weighted by Gasteiger charge is 2.29. The molecule has 0 saturated carbocycles. The van der Waals surface area contributed by atoms with Gasteiger partial charge in [0.2, 0.25) is 17.7 Å². The Balaban J connectivity index is 2.66. The van der Waals surface area contributed by atoms with E-state index in [1.165, 1.54) is 12.5 Å². The van der Waals surface area contributed by atoms with Crippen LogP contribution >= 0.6 is 0 Å². The van der Waals surface area contributed by atoms with Gasteiger partial charge in [-0.25, -0.2) is 9.78 Å². The first-order chi connectivity index (χ1) is 14.5. The lowest BCUT2D eigenvalue weighted by atomic mass is 9.97. The third-order valence-electron chi connectivity index (χ3n) is 4.89. The van der Waals surface area contributed by atoms with Gasteiger partial charge in [-0.3, -0.25) is 14.4 Å². The first kappa shape index (κ1) is 26.1. The number of hydrogen-bond acceptors (Lipinski definition) is 6. The van der Waals surface area contributed by atoms with Crippen LogP contribution in [0.25, 0.3) is 0 Å². The molecule has 0 radical (unpaired) electrons. The fourth-order valence-electron chi connectivity index (χ4n) is 2.92. The second kappa shape index (κ2) is 12.7. The van der Waals surface area contributed by atoms with Crippen molar-refractivity contribution in [3.8, 4) is 0 Å². The Bertz CT molecular complexity index is 736. The average Bonchev–Trinajstić information content (AvgIpc) is 3.21. The molecule has 11 heteroatoms. The summed E-state index contributed by atoms with van der Waals surface area (Å²) < 4.78 is 0. The Morgan fingerprint density at radius 3 is 2.35 bits per heavy atom. The summed E-state index contributed by atoms with van der Waals surface area (Å²) in [5.74, 6) is -2.79. The molecule has 1 aromatic rings. The topological polar surface area (TPSA) is 179 Å². The standard InChI is InChI=1S/C20H34N6O5/c1-5-12(4)17(26-18(28)14(21)6-11(2)3)19(29)23-9-16(27)25-15(20(30)31)7-13-8-22-10-24-13/h8,10-12,14-15,17H,5-7,9,21H2,1-4H3,(H,22,24)(H,23,29)(H,25,27)(H,26,28)(H,30,31). The van der Waals surface area contributed by atoms with Crippen LogP contribution in [-0.2, 0) is 25.6 Å². The van der Waals surface area contributed by atoms with E-state index in [9.17, 15) is 24.3 Å². The summed E-state index contributed by atoms with van der Waals surface area (Å²) in [4.78, 5) is 55.1. The van der Waals surface area contributed by atoms with Gasteiger partial charge in [-0.05, 0) is 18.3 Å². The molecule has 0 aliphatic carbocycles. The largest absolute Gasteiger partial charge is 0.480 e. The summed E-state index contributed by atoms with van der Waals surface area (Å²) in [5.41, 5.74) is 6.45. The number of aliphatic carboxylic acids is 1. The number of carbonyl (C=O) groups is 4. The molecule has 31 heavy (non-hydrogen) atoms. The number of carboxylic acid groups (broad SMARTS) is 1. The number of rotatable bonds is 13. The van der Waals surface area contributed by atoms with E-state index in [0.717, 1.165) is 0 Å². The van der Waals surface area contributed by atoms with Crippen molar-refractivity contribution in [1.29, 1.82) is 0 Å². The number of carbonyl (C=O) groups excluding carboxylic acids is 3. The van der Waals surface area contributed by atoms with Crippen LogP contribution in [0.15, 0.2) is 12.5 Å². The zero-order chi connectivity index (χ0) is 23.6. The van der Waals surface area contributed by atoms with Crippen LogP contribution in [0.4, 0.5) is 0 Å². The molecule has 0 bridgehead atoms. The van der Waals surface area contributed by atoms with Crippen LogP contribution in [0.2, 0.25) is 0 Å². The minimum atomic E-state index is -1.21. The minimum Gasteiger partial charge on any atom is -0.480 e. The maximum absolute atomic E-state index is 12.6. The number of amides is 3. The number of carboxylic acids is 1. The molecule has 0 spiro atoms. The summed E-state index contributed by atoms with van der Waals surface area (Å²) in [6.45, 7) is 7.16. The van der Waals surface area contributed by atoms with Gasteiger partial charge in [-0.15, -0.1) is 0 Å². The Hall–Kier alpha value is -2.95. The number of nitrogens with one attached hydrogen (secondary N) is 4. The molecule has 0 aromatic carbocycles. The number of nitrogens with zero attached hydrogens (tertiary/aromatic N) is 1. The first-order valence-electron chi connectivity index (χ1n) is 10.4. The van der Waals surface area contributed by atoms with Crippen LogP contribution in [0.3, 0.4) is 0 Å². The van der Waals surface area contributed by atoms with E-state index in [1.807, 2.05) is 27.7 Å². The fraction of sp³-hybridized carbons (Fsp3) is 0.650. The van der Waals surface area contributed by atoms with Crippen LogP contribution in [0, 0.1) is 11.8 Å². The van der Waals surface area contributed by atoms with Gasteiger partial charge < -0.3 is 31.8 Å². The number of aromatic nitrogens is 2. The van der Waals surface area contributed by atoms with E-state index in [0.29, 0.717) is 18.5 Å². The normalized spacial score (nSPS) is 14.9. The molecule has 0 aliphatic rings. The number of nitrogens with two attached hydrogens (primary N) is 1. The number of aromatic amines is 1. The molecule has 1 aromatic heterocycles. The van der Waals surface area contributed by atoms with Crippen LogP contribution < -0.4 is 21.7 Å². The van der Waals surface area contributed by atoms with Crippen molar-refractivity contribution >= 4 is 23.7 Å². The zero-order valence-electron chi connectivity index (χ0n) is 18.5. The summed E-state index contributed by atoms with van der Waals surface area (Å²) in [6, 6.07) is -2.77. The maximum atomic E-state index is 12.6. The van der Waals surface area contributed by atoms with Gasteiger partial charge in [0.05, 0.1) is 18.9 Å². The van der Waals surface area contributed by atoms with Crippen molar-refractivity contribution in [3.05, 3.63) is 18.2 Å². The maximum Gasteiger partial charge on any atom is 0.326 e. The number of H-pyrrole nitrogens is 1.